The molecule has 1 saturated carbocycles. The van der Waals surface area contributed by atoms with E-state index < -0.39 is 82.5 Å². The minimum absolute atomic E-state index is 0.0329. The van der Waals surface area contributed by atoms with Gasteiger partial charge in [0.05, 0.1) is 42.2 Å². The Bertz CT molecular complexity index is 2450. The summed E-state index contributed by atoms with van der Waals surface area (Å²) >= 11 is 0. The highest BCUT2D eigenvalue weighted by Crippen LogP contribution is 2.41. The van der Waals surface area contributed by atoms with Gasteiger partial charge in [-0.25, -0.2) is 13.2 Å². The molecular weight excluding hydrogens is 889 g/mol. The van der Waals surface area contributed by atoms with Gasteiger partial charge in [0.25, 0.3) is 0 Å². The van der Waals surface area contributed by atoms with Crippen molar-refractivity contribution in [1.82, 2.24) is 19.8 Å². The number of aliphatic hydroxyl groups is 2. The molecule has 4 aromatic rings. The van der Waals surface area contributed by atoms with Crippen LogP contribution in [0.3, 0.4) is 0 Å². The van der Waals surface area contributed by atoms with Gasteiger partial charge in [0.2, 0.25) is 27.7 Å². The zero-order valence-electron chi connectivity index (χ0n) is 39.4. The fraction of sp³-hybridized carbons (Fsp3) is 0.500. The molecule has 7 rings (SSSR count). The predicted octanol–water partition coefficient (Wildman–Crippen LogP) is 5.35. The molecule has 8 atom stereocenters. The van der Waals surface area contributed by atoms with Gasteiger partial charge in [0.15, 0.2) is 12.3 Å². The number of esters is 1. The molecular formula is C52H66N4O11S. The fourth-order valence-corrected chi connectivity index (χ4v) is 11.5. The van der Waals surface area contributed by atoms with Crippen LogP contribution in [0.2, 0.25) is 0 Å². The van der Waals surface area contributed by atoms with E-state index in [1.807, 2.05) is 49.4 Å². The van der Waals surface area contributed by atoms with E-state index in [4.69, 9.17) is 14.2 Å². The number of carbonyl (C=O) groups excluding carboxylic acids is 4. The lowest BCUT2D eigenvalue weighted by Crippen LogP contribution is -2.63. The van der Waals surface area contributed by atoms with E-state index >= 15 is 9.59 Å². The summed E-state index contributed by atoms with van der Waals surface area (Å²) in [5, 5.41) is 31.7. The molecule has 0 unspecified atom stereocenters. The third kappa shape index (κ3) is 12.1. The second-order valence-electron chi connectivity index (χ2n) is 18.7. The molecule has 1 aliphatic carbocycles. The molecule has 0 bridgehead atoms. The Balaban J connectivity index is 1.29. The van der Waals surface area contributed by atoms with Gasteiger partial charge < -0.3 is 40.0 Å². The van der Waals surface area contributed by atoms with Crippen LogP contribution in [0, 0.1) is 18.8 Å². The fourth-order valence-electron chi connectivity index (χ4n) is 9.78. The van der Waals surface area contributed by atoms with E-state index in [-0.39, 0.29) is 36.0 Å². The smallest absolute Gasteiger partial charge is 0.337 e. The second-order valence-corrected chi connectivity index (χ2v) is 20.6. The van der Waals surface area contributed by atoms with E-state index in [9.17, 15) is 28.2 Å². The average Bonchev–Trinajstić information content (AvgIpc) is 3.70. The highest BCUT2D eigenvalue weighted by Gasteiger charge is 2.53. The number of sulfonamides is 1. The number of aliphatic hydroxyl groups excluding tert-OH is 2. The summed E-state index contributed by atoms with van der Waals surface area (Å²) in [6, 6.07) is 24.4. The number of hydrogen-bond acceptors (Lipinski definition) is 11. The first-order valence-corrected chi connectivity index (χ1v) is 25.4. The highest BCUT2D eigenvalue weighted by molar-refractivity contribution is 7.89. The Morgan fingerprint density at radius 1 is 0.824 bits per heavy atom. The van der Waals surface area contributed by atoms with Crippen molar-refractivity contribution >= 4 is 44.5 Å². The van der Waals surface area contributed by atoms with Crippen molar-refractivity contribution in [3.8, 4) is 0 Å². The van der Waals surface area contributed by atoms with Gasteiger partial charge in [-0.15, -0.1) is 0 Å². The first kappa shape index (κ1) is 50.6. The van der Waals surface area contributed by atoms with E-state index in [0.29, 0.717) is 31.9 Å². The van der Waals surface area contributed by atoms with Gasteiger partial charge in [-0.2, -0.15) is 4.31 Å². The summed E-state index contributed by atoms with van der Waals surface area (Å²) < 4.78 is 48.1. The number of nitrogens with one attached hydrogen (secondary N) is 2. The van der Waals surface area contributed by atoms with Crippen LogP contribution in [0.1, 0.15) is 88.5 Å². The van der Waals surface area contributed by atoms with Crippen molar-refractivity contribution in [2.75, 3.05) is 26.3 Å². The summed E-state index contributed by atoms with van der Waals surface area (Å²) in [6.45, 7) is 8.10. The third-order valence-electron chi connectivity index (χ3n) is 13.4. The zero-order chi connectivity index (χ0) is 48.5. The summed E-state index contributed by atoms with van der Waals surface area (Å²) in [4.78, 5) is 59.1. The number of morpholine rings is 1. The normalized spacial score (nSPS) is 21.7. The lowest BCUT2D eigenvalue weighted by atomic mass is 9.83. The molecule has 4 N–H and O–H groups in total. The van der Waals surface area contributed by atoms with Crippen molar-refractivity contribution in [1.29, 1.82) is 0 Å². The molecule has 2 aliphatic heterocycles. The monoisotopic (exact) mass is 954 g/mol. The van der Waals surface area contributed by atoms with Crippen LogP contribution in [-0.2, 0) is 49.8 Å². The van der Waals surface area contributed by atoms with E-state index in [1.165, 1.54) is 12.1 Å². The van der Waals surface area contributed by atoms with Crippen LogP contribution >= 0.6 is 0 Å². The zero-order valence-corrected chi connectivity index (χ0v) is 40.2. The Morgan fingerprint density at radius 3 is 2.18 bits per heavy atom. The molecule has 15 nitrogen and oxygen atoms in total. The van der Waals surface area contributed by atoms with E-state index in [1.54, 1.807) is 68.1 Å². The van der Waals surface area contributed by atoms with Crippen molar-refractivity contribution in [2.24, 2.45) is 11.8 Å². The van der Waals surface area contributed by atoms with Gasteiger partial charge in [-0.1, -0.05) is 123 Å². The minimum Gasteiger partial charge on any atom is -0.461 e. The van der Waals surface area contributed by atoms with Crippen LogP contribution in [0.5, 0.6) is 0 Å². The van der Waals surface area contributed by atoms with Crippen LogP contribution in [0.15, 0.2) is 102 Å². The molecule has 3 fully saturated rings. The lowest BCUT2D eigenvalue weighted by molar-refractivity contribution is -0.160. The minimum atomic E-state index is -4.47. The first-order chi connectivity index (χ1) is 32.6. The Kier molecular flexibility index (Phi) is 17.1. The number of fused-ring (bicyclic) bond motifs is 1. The van der Waals surface area contributed by atoms with Gasteiger partial charge in [-0.05, 0) is 80.5 Å². The molecule has 2 saturated heterocycles. The van der Waals surface area contributed by atoms with Gasteiger partial charge in [0, 0.05) is 19.5 Å². The number of carbonyl (C=O) groups is 4. The summed E-state index contributed by atoms with van der Waals surface area (Å²) in [5.74, 6) is -4.07. The third-order valence-corrected chi connectivity index (χ3v) is 15.4. The van der Waals surface area contributed by atoms with Gasteiger partial charge >= 0.3 is 5.97 Å². The molecule has 0 spiro atoms. The van der Waals surface area contributed by atoms with Crippen LogP contribution < -0.4 is 10.6 Å². The predicted molar refractivity (Wildman–Crippen MR) is 255 cm³/mol. The molecule has 4 aromatic carbocycles. The largest absolute Gasteiger partial charge is 0.461 e. The lowest BCUT2D eigenvalue weighted by Gasteiger charge is -2.35. The molecule has 0 aromatic heterocycles. The average molecular weight is 955 g/mol. The number of ether oxygens (including phenoxy) is 3. The van der Waals surface area contributed by atoms with Gasteiger partial charge in [-0.3, -0.25) is 14.4 Å². The number of benzene rings is 4. The van der Waals surface area contributed by atoms with E-state index in [2.05, 4.69) is 10.6 Å². The van der Waals surface area contributed by atoms with Crippen LogP contribution in [-0.4, -0.2) is 120 Å². The summed E-state index contributed by atoms with van der Waals surface area (Å²) in [6.07, 6.45) is -2.65. The number of nitrogens with zero attached hydrogens (tertiary/aromatic N) is 2. The SMILES string of the molecule is Cc1ccc(S(=O)(=O)N2[C@@H](C)[C@@H](c3ccccc3)O[C@H]2[C@@H](O)[C@@H](NC(=O)[C@@H](CC(=O)N2CCOCC2)Cc2cccc3ccccc23)C(=O)N[C@@H](CC2CCCCC2)[C@@H](O)C(=O)OC(C)C)cc1. The van der Waals surface area contributed by atoms with Crippen molar-refractivity contribution in [3.63, 3.8) is 0 Å². The number of aryl methyl sites for hydroxylation is 1. The molecule has 3 aliphatic rings. The Morgan fingerprint density at radius 2 is 1.49 bits per heavy atom. The molecule has 366 valence electrons. The van der Waals surface area contributed by atoms with Crippen molar-refractivity contribution < 1.29 is 52.0 Å². The highest BCUT2D eigenvalue weighted by atomic mass is 32.2. The van der Waals surface area contributed by atoms with E-state index in [0.717, 1.165) is 58.3 Å². The molecule has 3 amide bonds. The maximum Gasteiger partial charge on any atom is 0.337 e. The van der Waals surface area contributed by atoms with Crippen LogP contribution in [0.25, 0.3) is 10.8 Å². The summed E-state index contributed by atoms with van der Waals surface area (Å²) in [7, 11) is -4.47. The molecule has 68 heavy (non-hydrogen) atoms. The quantitative estimate of drug-likeness (QED) is 0.0938. The maximum absolute atomic E-state index is 15.1. The summed E-state index contributed by atoms with van der Waals surface area (Å²) in [5.41, 5.74) is 2.20. The van der Waals surface area contributed by atoms with Crippen molar-refractivity contribution in [3.05, 3.63) is 114 Å². The van der Waals surface area contributed by atoms with Crippen LogP contribution in [0.4, 0.5) is 0 Å². The molecule has 2 heterocycles. The topological polar surface area (TPSA) is 201 Å². The number of amides is 3. The maximum atomic E-state index is 15.1. The molecule has 0 radical (unpaired) electrons. The number of hydrogen-bond donors (Lipinski definition) is 4. The second kappa shape index (κ2) is 22.9. The van der Waals surface area contributed by atoms with Gasteiger partial charge in [0.1, 0.15) is 18.2 Å². The Hall–Kier alpha value is -5.23. The first-order valence-electron chi connectivity index (χ1n) is 23.9. The Labute approximate surface area is 399 Å². The number of rotatable bonds is 18. The van der Waals surface area contributed by atoms with Crippen molar-refractivity contribution in [2.45, 2.75) is 133 Å². The molecule has 16 heteroatoms. The standard InChI is InChI=1S/C52H66N4O11S/c1-33(2)66-52(62)46(58)43(30-36-14-7-5-8-15-36)53-50(61)45(47(59)51-56(68(63,64)41-24-22-34(3)23-25-41)35(4)48(67-51)38-17-9-6-10-18-38)54-49(60)40(32-44(57)55-26-28-65-29-27-55)31-39-20-13-19-37-16-11-12-21-42(37)39/h6,9-13,16-25,33,35-36,40,43,45-48,51,58-59H,5,7-8,14-15,26-32H2,1-4H3,(H,53,61)(H,54,60)/t35-,40+,43-,45+,46+,47-,48-,51-/m0/s1.